The van der Waals surface area contributed by atoms with Gasteiger partial charge >= 0.3 is 6.03 Å². The summed E-state index contributed by atoms with van der Waals surface area (Å²) in [5, 5.41) is 9.89. The lowest BCUT2D eigenvalue weighted by atomic mass is 9.95. The number of amides is 2. The summed E-state index contributed by atoms with van der Waals surface area (Å²) in [6.07, 6.45) is 5.39. The molecule has 2 aromatic rings. The van der Waals surface area contributed by atoms with E-state index in [1.165, 1.54) is 30.4 Å². The molecule has 5 nitrogen and oxygen atoms in total. The van der Waals surface area contributed by atoms with Crippen molar-refractivity contribution in [2.75, 3.05) is 11.9 Å². The number of hydrogen-bond donors (Lipinski definition) is 2. The number of fused-ring (bicyclic) bond motifs is 2. The SMILES string of the molecule is Cn1ccc(NC(=O)NC[C@@H]2C[C@@]23CCc2ccccc23)n1. The average Bonchev–Trinajstić information content (AvgIpc) is 2.87. The highest BCUT2D eigenvalue weighted by Crippen LogP contribution is 2.61. The summed E-state index contributed by atoms with van der Waals surface area (Å²) < 4.78 is 1.67. The molecule has 22 heavy (non-hydrogen) atoms. The Morgan fingerprint density at radius 1 is 1.41 bits per heavy atom. The van der Waals surface area contributed by atoms with Gasteiger partial charge in [0.25, 0.3) is 0 Å². The Kier molecular flexibility index (Phi) is 2.96. The van der Waals surface area contributed by atoms with Crippen LogP contribution in [0.5, 0.6) is 0 Å². The van der Waals surface area contributed by atoms with E-state index in [0.717, 1.165) is 6.54 Å². The fourth-order valence-corrected chi connectivity index (χ4v) is 3.86. The number of urea groups is 1. The highest BCUT2D eigenvalue weighted by molar-refractivity contribution is 5.88. The molecule has 2 aliphatic carbocycles. The first-order chi connectivity index (χ1) is 10.7. The highest BCUT2D eigenvalue weighted by atomic mass is 16.2. The maximum absolute atomic E-state index is 11.9. The topological polar surface area (TPSA) is 59.0 Å². The number of anilines is 1. The summed E-state index contributed by atoms with van der Waals surface area (Å²) >= 11 is 0. The molecule has 1 heterocycles. The van der Waals surface area contributed by atoms with Crippen molar-refractivity contribution in [3.8, 4) is 0 Å². The molecule has 2 amide bonds. The van der Waals surface area contributed by atoms with Gasteiger partial charge in [-0.2, -0.15) is 5.10 Å². The number of rotatable bonds is 3. The van der Waals surface area contributed by atoms with Crippen LogP contribution in [0.15, 0.2) is 36.5 Å². The minimum absolute atomic E-state index is 0.174. The maximum atomic E-state index is 11.9. The van der Waals surface area contributed by atoms with E-state index in [0.29, 0.717) is 17.2 Å². The van der Waals surface area contributed by atoms with Crippen LogP contribution < -0.4 is 10.6 Å². The van der Waals surface area contributed by atoms with Crippen molar-refractivity contribution in [3.63, 3.8) is 0 Å². The smallest absolute Gasteiger partial charge is 0.320 e. The third-order valence-electron chi connectivity index (χ3n) is 5.09. The molecule has 0 aliphatic heterocycles. The molecule has 2 aliphatic rings. The van der Waals surface area contributed by atoms with Crippen LogP contribution in [0.4, 0.5) is 10.6 Å². The summed E-state index contributed by atoms with van der Waals surface area (Å²) in [7, 11) is 1.83. The van der Waals surface area contributed by atoms with Crippen LogP contribution in [0.1, 0.15) is 24.0 Å². The van der Waals surface area contributed by atoms with Gasteiger partial charge in [-0.15, -0.1) is 0 Å². The molecule has 1 aromatic carbocycles. The second-order valence-electron chi connectivity index (χ2n) is 6.42. The first-order valence-corrected chi connectivity index (χ1v) is 7.80. The van der Waals surface area contributed by atoms with Crippen molar-refractivity contribution in [3.05, 3.63) is 47.7 Å². The Morgan fingerprint density at radius 2 is 2.27 bits per heavy atom. The van der Waals surface area contributed by atoms with Gasteiger partial charge < -0.3 is 5.32 Å². The fourth-order valence-electron chi connectivity index (χ4n) is 3.86. The molecule has 1 fully saturated rings. The van der Waals surface area contributed by atoms with Crippen LogP contribution in [-0.4, -0.2) is 22.4 Å². The van der Waals surface area contributed by atoms with Gasteiger partial charge in [0.1, 0.15) is 0 Å². The molecule has 2 N–H and O–H groups in total. The lowest BCUT2D eigenvalue weighted by Gasteiger charge is -2.12. The molecule has 1 spiro atoms. The summed E-state index contributed by atoms with van der Waals surface area (Å²) in [6.45, 7) is 0.729. The van der Waals surface area contributed by atoms with E-state index in [1.54, 1.807) is 16.9 Å². The number of nitrogens with one attached hydrogen (secondary N) is 2. The van der Waals surface area contributed by atoms with E-state index in [9.17, 15) is 4.79 Å². The Hall–Kier alpha value is -2.30. The third kappa shape index (κ3) is 2.17. The van der Waals surface area contributed by atoms with E-state index in [1.807, 2.05) is 7.05 Å². The zero-order chi connectivity index (χ0) is 15.2. The molecular formula is C17H20N4O. The second-order valence-corrected chi connectivity index (χ2v) is 6.42. The molecule has 114 valence electrons. The molecule has 1 saturated carbocycles. The summed E-state index contributed by atoms with van der Waals surface area (Å²) in [5.41, 5.74) is 3.32. The number of benzene rings is 1. The van der Waals surface area contributed by atoms with E-state index in [-0.39, 0.29) is 6.03 Å². The Balaban J connectivity index is 1.34. The summed E-state index contributed by atoms with van der Waals surface area (Å²) in [4.78, 5) is 11.9. The highest BCUT2D eigenvalue weighted by Gasteiger charge is 2.57. The van der Waals surface area contributed by atoms with Gasteiger partial charge in [-0.3, -0.25) is 10.00 Å². The van der Waals surface area contributed by atoms with Crippen LogP contribution in [0.3, 0.4) is 0 Å². The maximum Gasteiger partial charge on any atom is 0.320 e. The molecule has 0 radical (unpaired) electrons. The lowest BCUT2D eigenvalue weighted by molar-refractivity contribution is 0.251. The van der Waals surface area contributed by atoms with Crippen LogP contribution in [-0.2, 0) is 18.9 Å². The van der Waals surface area contributed by atoms with Crippen LogP contribution in [0, 0.1) is 5.92 Å². The molecular weight excluding hydrogens is 276 g/mol. The van der Waals surface area contributed by atoms with Crippen LogP contribution >= 0.6 is 0 Å². The second kappa shape index (κ2) is 4.87. The predicted molar refractivity (Wildman–Crippen MR) is 84.8 cm³/mol. The quantitative estimate of drug-likeness (QED) is 0.914. The average molecular weight is 296 g/mol. The van der Waals surface area contributed by atoms with Crippen LogP contribution in [0.2, 0.25) is 0 Å². The van der Waals surface area contributed by atoms with E-state index >= 15 is 0 Å². The summed E-state index contributed by atoms with van der Waals surface area (Å²) in [5.74, 6) is 1.14. The van der Waals surface area contributed by atoms with Gasteiger partial charge in [0.05, 0.1) is 0 Å². The van der Waals surface area contributed by atoms with Crippen LogP contribution in [0.25, 0.3) is 0 Å². The van der Waals surface area contributed by atoms with Crippen molar-refractivity contribution < 1.29 is 4.79 Å². The predicted octanol–water partition coefficient (Wildman–Crippen LogP) is 2.45. The zero-order valence-corrected chi connectivity index (χ0v) is 12.7. The van der Waals surface area contributed by atoms with Gasteiger partial charge in [0.15, 0.2) is 5.82 Å². The summed E-state index contributed by atoms with van der Waals surface area (Å²) in [6, 6.07) is 10.4. The number of hydrogen-bond acceptors (Lipinski definition) is 2. The molecule has 0 bridgehead atoms. The van der Waals surface area contributed by atoms with E-state index < -0.39 is 0 Å². The zero-order valence-electron chi connectivity index (χ0n) is 12.7. The minimum atomic E-state index is -0.174. The number of aryl methyl sites for hydroxylation is 2. The van der Waals surface area contributed by atoms with E-state index in [4.69, 9.17) is 0 Å². The van der Waals surface area contributed by atoms with Gasteiger partial charge in [-0.25, -0.2) is 4.79 Å². The molecule has 0 saturated heterocycles. The first kappa shape index (κ1) is 13.4. The monoisotopic (exact) mass is 296 g/mol. The third-order valence-corrected chi connectivity index (χ3v) is 5.09. The molecule has 0 unspecified atom stereocenters. The van der Waals surface area contributed by atoms with Gasteiger partial charge in [0.2, 0.25) is 0 Å². The van der Waals surface area contributed by atoms with Crippen molar-refractivity contribution >= 4 is 11.8 Å². The normalized spacial score (nSPS) is 25.0. The largest absolute Gasteiger partial charge is 0.338 e. The number of aromatic nitrogens is 2. The van der Waals surface area contributed by atoms with E-state index in [2.05, 4.69) is 40.0 Å². The minimum Gasteiger partial charge on any atom is -0.338 e. The molecule has 4 rings (SSSR count). The van der Waals surface area contributed by atoms with Crippen molar-refractivity contribution in [1.82, 2.24) is 15.1 Å². The Bertz CT molecular complexity index is 723. The number of carbonyl (C=O) groups excluding carboxylic acids is 1. The molecule has 5 heteroatoms. The fraction of sp³-hybridized carbons (Fsp3) is 0.412. The number of nitrogens with zero attached hydrogens (tertiary/aromatic N) is 2. The van der Waals surface area contributed by atoms with Crippen molar-refractivity contribution in [2.45, 2.75) is 24.7 Å². The van der Waals surface area contributed by atoms with Crippen molar-refractivity contribution in [2.24, 2.45) is 13.0 Å². The molecule has 2 atom stereocenters. The Morgan fingerprint density at radius 3 is 3.09 bits per heavy atom. The van der Waals surface area contributed by atoms with Gasteiger partial charge in [-0.05, 0) is 36.3 Å². The van der Waals surface area contributed by atoms with Gasteiger partial charge in [-0.1, -0.05) is 24.3 Å². The lowest BCUT2D eigenvalue weighted by Crippen LogP contribution is -2.31. The van der Waals surface area contributed by atoms with Crippen molar-refractivity contribution in [1.29, 1.82) is 0 Å². The number of carbonyl (C=O) groups is 1. The Labute approximate surface area is 129 Å². The first-order valence-electron chi connectivity index (χ1n) is 7.80. The standard InChI is InChI=1S/C17H20N4O/c1-21-9-7-15(20-21)19-16(22)18-11-13-10-17(13)8-6-12-4-2-3-5-14(12)17/h2-5,7,9,13H,6,8,10-11H2,1H3,(H2,18,19,20,22)/t13-,17-/m0/s1. The van der Waals surface area contributed by atoms with Gasteiger partial charge in [0, 0.05) is 31.3 Å². The molecule has 1 aromatic heterocycles.